The number of amides is 4. The van der Waals surface area contributed by atoms with E-state index in [0.29, 0.717) is 13.0 Å². The molecule has 3 aromatic rings. The molecule has 0 bridgehead atoms. The number of nitrogens with zero attached hydrogens (tertiary/aromatic N) is 1. The minimum atomic E-state index is -0.666. The van der Waals surface area contributed by atoms with Crippen molar-refractivity contribution in [3.8, 4) is 0 Å². The third-order valence-corrected chi connectivity index (χ3v) is 5.55. The second kappa shape index (κ2) is 8.63. The number of carbonyl (C=O) groups excluding carboxylic acids is 3. The maximum atomic E-state index is 12.7. The number of nitrogens with one attached hydrogen (secondary N) is 3. The van der Waals surface area contributed by atoms with Crippen molar-refractivity contribution in [1.82, 2.24) is 15.2 Å². The van der Waals surface area contributed by atoms with Crippen LogP contribution in [0.3, 0.4) is 0 Å². The van der Waals surface area contributed by atoms with Gasteiger partial charge in [-0.15, -0.1) is 0 Å². The van der Waals surface area contributed by atoms with E-state index >= 15 is 0 Å². The van der Waals surface area contributed by atoms with Crippen molar-refractivity contribution < 1.29 is 14.4 Å². The maximum absolute atomic E-state index is 12.7. The zero-order valence-electron chi connectivity index (χ0n) is 17.7. The molecule has 0 unspecified atom stereocenters. The monoisotopic (exact) mass is 418 g/mol. The van der Waals surface area contributed by atoms with Gasteiger partial charge in [-0.25, -0.2) is 4.79 Å². The van der Waals surface area contributed by atoms with Crippen LogP contribution in [-0.4, -0.2) is 40.3 Å². The molecule has 4 rings (SSSR count). The van der Waals surface area contributed by atoms with Crippen LogP contribution < -0.4 is 10.6 Å². The Kier molecular flexibility index (Phi) is 5.75. The second-order valence-electron chi connectivity index (χ2n) is 8.06. The highest BCUT2D eigenvalue weighted by Gasteiger charge is 2.37. The van der Waals surface area contributed by atoms with Gasteiger partial charge in [0.1, 0.15) is 6.04 Å². The number of para-hydroxylation sites is 1. The highest BCUT2D eigenvalue weighted by molar-refractivity contribution is 6.04. The van der Waals surface area contributed by atoms with Gasteiger partial charge in [0.05, 0.1) is 0 Å². The molecule has 4 amide bonds. The lowest BCUT2D eigenvalue weighted by molar-refractivity contribution is -0.127. The first-order chi connectivity index (χ1) is 14.9. The van der Waals surface area contributed by atoms with Gasteiger partial charge in [0, 0.05) is 35.8 Å². The van der Waals surface area contributed by atoms with Gasteiger partial charge < -0.3 is 15.6 Å². The molecule has 160 valence electrons. The van der Waals surface area contributed by atoms with Gasteiger partial charge in [-0.05, 0) is 61.6 Å². The van der Waals surface area contributed by atoms with E-state index in [1.54, 1.807) is 0 Å². The van der Waals surface area contributed by atoms with Gasteiger partial charge in [-0.2, -0.15) is 0 Å². The summed E-state index contributed by atoms with van der Waals surface area (Å²) < 4.78 is 0. The number of aryl methyl sites for hydroxylation is 2. The lowest BCUT2D eigenvalue weighted by atomic mass is 10.1. The number of hydrogen-bond acceptors (Lipinski definition) is 3. The van der Waals surface area contributed by atoms with Crippen LogP contribution in [0.15, 0.2) is 48.7 Å². The van der Waals surface area contributed by atoms with E-state index < -0.39 is 12.1 Å². The van der Waals surface area contributed by atoms with E-state index in [-0.39, 0.29) is 24.7 Å². The maximum Gasteiger partial charge on any atom is 0.324 e. The number of aromatic amines is 1. The van der Waals surface area contributed by atoms with Crippen molar-refractivity contribution >= 4 is 34.4 Å². The summed E-state index contributed by atoms with van der Waals surface area (Å²) >= 11 is 0. The fraction of sp³-hybridized carbons (Fsp3) is 0.292. The summed E-state index contributed by atoms with van der Waals surface area (Å²) in [4.78, 5) is 41.8. The number of anilines is 1. The Morgan fingerprint density at radius 2 is 1.84 bits per heavy atom. The van der Waals surface area contributed by atoms with Crippen molar-refractivity contribution in [3.63, 3.8) is 0 Å². The van der Waals surface area contributed by atoms with Crippen molar-refractivity contribution in [2.45, 2.75) is 39.2 Å². The third-order valence-electron chi connectivity index (χ3n) is 5.55. The van der Waals surface area contributed by atoms with Crippen LogP contribution in [0.2, 0.25) is 0 Å². The fourth-order valence-corrected chi connectivity index (χ4v) is 4.10. The molecule has 2 heterocycles. The Labute approximate surface area is 180 Å². The van der Waals surface area contributed by atoms with Crippen LogP contribution in [-0.2, 0) is 16.0 Å². The molecular formula is C24H26N4O3. The first-order valence-electron chi connectivity index (χ1n) is 10.5. The number of fused-ring (bicyclic) bond motifs is 1. The van der Waals surface area contributed by atoms with E-state index in [4.69, 9.17) is 0 Å². The number of rotatable bonds is 7. The number of benzene rings is 2. The standard InChI is InChI=1S/C24H26N4O3/c1-15-11-16(2)13-18(12-15)26-22(29)8-7-21-23(30)28(24(31)27-21)10-9-17-14-25-20-6-4-3-5-19(17)20/h3-6,11-14,21,25H,7-10H2,1-2H3,(H,26,29)(H,27,31)/t21-/m0/s1. The van der Waals surface area contributed by atoms with Crippen LogP contribution in [0.1, 0.15) is 29.5 Å². The van der Waals surface area contributed by atoms with Crippen LogP contribution in [0.4, 0.5) is 10.5 Å². The highest BCUT2D eigenvalue weighted by atomic mass is 16.2. The average molecular weight is 418 g/mol. The first kappa shape index (κ1) is 20.7. The molecule has 0 saturated carbocycles. The minimum absolute atomic E-state index is 0.153. The number of hydrogen-bond donors (Lipinski definition) is 3. The molecule has 0 radical (unpaired) electrons. The molecule has 1 aromatic heterocycles. The van der Waals surface area contributed by atoms with E-state index in [0.717, 1.165) is 33.3 Å². The van der Waals surface area contributed by atoms with Crippen molar-refractivity contribution in [2.75, 3.05) is 11.9 Å². The van der Waals surface area contributed by atoms with Gasteiger partial charge in [0.2, 0.25) is 5.91 Å². The molecule has 7 heteroatoms. The SMILES string of the molecule is Cc1cc(C)cc(NC(=O)CC[C@@H]2NC(=O)N(CCc3c[nH]c4ccccc34)C2=O)c1. The number of H-pyrrole nitrogens is 1. The molecule has 1 fully saturated rings. The Bertz CT molecular complexity index is 1130. The largest absolute Gasteiger partial charge is 0.361 e. The van der Waals surface area contributed by atoms with E-state index in [2.05, 4.69) is 15.6 Å². The molecule has 0 aliphatic carbocycles. The number of imide groups is 1. The normalized spacial score (nSPS) is 16.1. The predicted molar refractivity (Wildman–Crippen MR) is 120 cm³/mol. The van der Waals surface area contributed by atoms with E-state index in [1.165, 1.54) is 4.90 Å². The summed E-state index contributed by atoms with van der Waals surface area (Å²) in [6, 6.07) is 12.7. The first-order valence-corrected chi connectivity index (χ1v) is 10.5. The summed E-state index contributed by atoms with van der Waals surface area (Å²) in [5.41, 5.74) is 4.97. The van der Waals surface area contributed by atoms with Crippen LogP contribution in [0.25, 0.3) is 10.9 Å². The lowest BCUT2D eigenvalue weighted by Gasteiger charge is -2.13. The van der Waals surface area contributed by atoms with Crippen LogP contribution >= 0.6 is 0 Å². The van der Waals surface area contributed by atoms with Crippen LogP contribution in [0, 0.1) is 13.8 Å². The molecule has 7 nitrogen and oxygen atoms in total. The summed E-state index contributed by atoms with van der Waals surface area (Å²) in [6.45, 7) is 4.25. The molecule has 2 aromatic carbocycles. The molecule has 0 spiro atoms. The minimum Gasteiger partial charge on any atom is -0.361 e. The third kappa shape index (κ3) is 4.60. The Morgan fingerprint density at radius 1 is 1.10 bits per heavy atom. The summed E-state index contributed by atoms with van der Waals surface area (Å²) in [5, 5.41) is 6.67. The second-order valence-corrected chi connectivity index (χ2v) is 8.06. The Hall–Kier alpha value is -3.61. The van der Waals surface area contributed by atoms with E-state index in [1.807, 2.05) is 62.5 Å². The quantitative estimate of drug-likeness (QED) is 0.511. The zero-order chi connectivity index (χ0) is 22.0. The Morgan fingerprint density at radius 3 is 2.61 bits per heavy atom. The topological polar surface area (TPSA) is 94.3 Å². The molecule has 31 heavy (non-hydrogen) atoms. The molecule has 1 aliphatic heterocycles. The molecule has 1 saturated heterocycles. The van der Waals surface area contributed by atoms with Gasteiger partial charge in [-0.3, -0.25) is 14.5 Å². The zero-order valence-corrected chi connectivity index (χ0v) is 17.7. The van der Waals surface area contributed by atoms with Gasteiger partial charge in [-0.1, -0.05) is 24.3 Å². The fourth-order valence-electron chi connectivity index (χ4n) is 4.10. The molecule has 1 atom stereocenters. The number of aromatic nitrogens is 1. The average Bonchev–Trinajstić information content (AvgIpc) is 3.24. The van der Waals surface area contributed by atoms with Gasteiger partial charge in [0.15, 0.2) is 0 Å². The summed E-state index contributed by atoms with van der Waals surface area (Å²) in [5.74, 6) is -0.451. The van der Waals surface area contributed by atoms with Crippen molar-refractivity contribution in [3.05, 3.63) is 65.4 Å². The van der Waals surface area contributed by atoms with Crippen molar-refractivity contribution in [2.24, 2.45) is 0 Å². The van der Waals surface area contributed by atoms with Gasteiger partial charge in [0.25, 0.3) is 5.91 Å². The van der Waals surface area contributed by atoms with E-state index in [9.17, 15) is 14.4 Å². The van der Waals surface area contributed by atoms with Crippen LogP contribution in [0.5, 0.6) is 0 Å². The highest BCUT2D eigenvalue weighted by Crippen LogP contribution is 2.20. The van der Waals surface area contributed by atoms with Gasteiger partial charge >= 0.3 is 6.03 Å². The molecular weight excluding hydrogens is 392 g/mol. The summed E-state index contributed by atoms with van der Waals surface area (Å²) in [7, 11) is 0. The predicted octanol–water partition coefficient (Wildman–Crippen LogP) is 3.67. The molecule has 1 aliphatic rings. The smallest absolute Gasteiger partial charge is 0.324 e. The van der Waals surface area contributed by atoms with Crippen molar-refractivity contribution in [1.29, 1.82) is 0 Å². The number of urea groups is 1. The number of carbonyl (C=O) groups is 3. The molecule has 3 N–H and O–H groups in total. The Balaban J connectivity index is 1.31. The summed E-state index contributed by atoms with van der Waals surface area (Å²) in [6.07, 6.45) is 2.91. The lowest BCUT2D eigenvalue weighted by Crippen LogP contribution is -2.33.